The van der Waals surface area contributed by atoms with Crippen LogP contribution in [0.25, 0.3) is 0 Å². The van der Waals surface area contributed by atoms with Gasteiger partial charge in [0.25, 0.3) is 0 Å². The van der Waals surface area contributed by atoms with E-state index in [4.69, 9.17) is 4.74 Å². The average molecular weight is 406 g/mol. The van der Waals surface area contributed by atoms with Crippen molar-refractivity contribution in [2.45, 2.75) is 20.8 Å². The van der Waals surface area contributed by atoms with Crippen LogP contribution in [0.3, 0.4) is 0 Å². The Morgan fingerprint density at radius 1 is 1.11 bits per heavy atom. The second-order valence-corrected chi connectivity index (χ2v) is 8.47. The summed E-state index contributed by atoms with van der Waals surface area (Å²) >= 11 is 0. The van der Waals surface area contributed by atoms with Gasteiger partial charge in [0.15, 0.2) is 18.2 Å². The molecule has 0 aliphatic carbocycles. The summed E-state index contributed by atoms with van der Waals surface area (Å²) in [7, 11) is -1.99. The number of aryl methyl sites for hydroxylation is 1. The number of ketones is 2. The molecule has 0 spiro atoms. The molecule has 8 nitrogen and oxygen atoms in total. The highest BCUT2D eigenvalue weighted by Gasteiger charge is 2.22. The van der Waals surface area contributed by atoms with E-state index in [-0.39, 0.29) is 17.0 Å². The van der Waals surface area contributed by atoms with Gasteiger partial charge in [-0.25, -0.2) is 13.2 Å². The molecule has 0 saturated heterocycles. The van der Waals surface area contributed by atoms with Crippen LogP contribution in [0.4, 0.5) is 5.69 Å². The third-order valence-corrected chi connectivity index (χ3v) is 5.58. The maximum Gasteiger partial charge on any atom is 0.355 e. The number of benzene rings is 1. The number of hydrogen-bond acceptors (Lipinski definition) is 6. The number of hydrogen-bond donors (Lipinski definition) is 1. The Kier molecular flexibility index (Phi) is 6.08. The first kappa shape index (κ1) is 21.4. The highest BCUT2D eigenvalue weighted by atomic mass is 32.2. The van der Waals surface area contributed by atoms with E-state index >= 15 is 0 Å². The number of aromatic nitrogens is 1. The second kappa shape index (κ2) is 7.97. The fraction of sp³-hybridized carbons (Fsp3) is 0.316. The third-order valence-electron chi connectivity index (χ3n) is 4.38. The average Bonchev–Trinajstić information content (AvgIpc) is 2.92. The second-order valence-electron chi connectivity index (χ2n) is 6.46. The number of rotatable bonds is 7. The highest BCUT2D eigenvalue weighted by molar-refractivity contribution is 7.92. The number of nitrogens with one attached hydrogen (secondary N) is 1. The van der Waals surface area contributed by atoms with E-state index in [1.54, 1.807) is 13.8 Å². The number of carbonyl (C=O) groups excluding carboxylic acids is 3. The van der Waals surface area contributed by atoms with E-state index in [9.17, 15) is 22.8 Å². The van der Waals surface area contributed by atoms with Crippen LogP contribution in [0.1, 0.15) is 49.4 Å². The molecule has 2 aromatic rings. The normalized spacial score (nSPS) is 11.2. The minimum absolute atomic E-state index is 0.139. The molecule has 0 aliphatic heterocycles. The zero-order chi connectivity index (χ0) is 21.2. The zero-order valence-electron chi connectivity index (χ0n) is 16.3. The first-order chi connectivity index (χ1) is 12.9. The number of anilines is 1. The molecule has 0 atom stereocenters. The summed E-state index contributed by atoms with van der Waals surface area (Å²) in [6.07, 6.45) is 1.08. The fourth-order valence-corrected chi connectivity index (χ4v) is 3.32. The zero-order valence-corrected chi connectivity index (χ0v) is 17.1. The lowest BCUT2D eigenvalue weighted by Gasteiger charge is -2.16. The maximum atomic E-state index is 12.3. The van der Waals surface area contributed by atoms with Gasteiger partial charge in [0, 0.05) is 23.9 Å². The molecule has 0 bridgehead atoms. The Labute approximate surface area is 163 Å². The van der Waals surface area contributed by atoms with Gasteiger partial charge in [-0.3, -0.25) is 13.9 Å². The van der Waals surface area contributed by atoms with Crippen LogP contribution < -0.4 is 4.31 Å². The van der Waals surface area contributed by atoms with Crippen molar-refractivity contribution in [1.29, 1.82) is 0 Å². The summed E-state index contributed by atoms with van der Waals surface area (Å²) in [5, 5.41) is 0. The van der Waals surface area contributed by atoms with Gasteiger partial charge in [-0.1, -0.05) is 0 Å². The lowest BCUT2D eigenvalue weighted by Crippen LogP contribution is -2.24. The Morgan fingerprint density at radius 3 is 2.14 bits per heavy atom. The molecule has 9 heteroatoms. The van der Waals surface area contributed by atoms with Crippen molar-refractivity contribution in [3.63, 3.8) is 0 Å². The molecule has 2 rings (SSSR count). The molecular weight excluding hydrogens is 384 g/mol. The van der Waals surface area contributed by atoms with Crippen LogP contribution in [-0.4, -0.2) is 50.8 Å². The van der Waals surface area contributed by atoms with Gasteiger partial charge in [0.05, 0.1) is 11.9 Å². The van der Waals surface area contributed by atoms with Crippen molar-refractivity contribution in [3.05, 3.63) is 52.3 Å². The van der Waals surface area contributed by atoms with Crippen LogP contribution in [0.2, 0.25) is 0 Å². The van der Waals surface area contributed by atoms with E-state index in [2.05, 4.69) is 4.98 Å². The quantitative estimate of drug-likeness (QED) is 0.557. The number of carbonyl (C=O) groups is 3. The summed E-state index contributed by atoms with van der Waals surface area (Å²) in [5.41, 5.74) is 2.31. The lowest BCUT2D eigenvalue weighted by molar-refractivity contribution is 0.0468. The molecule has 0 radical (unpaired) electrons. The summed E-state index contributed by atoms with van der Waals surface area (Å²) < 4.78 is 29.2. The lowest BCUT2D eigenvalue weighted by atomic mass is 10.1. The largest absolute Gasteiger partial charge is 0.453 e. The Balaban J connectivity index is 2.07. The fourth-order valence-electron chi connectivity index (χ4n) is 2.82. The van der Waals surface area contributed by atoms with Crippen LogP contribution in [0.5, 0.6) is 0 Å². The number of ether oxygens (including phenoxy) is 1. The van der Waals surface area contributed by atoms with E-state index in [0.29, 0.717) is 22.5 Å². The summed E-state index contributed by atoms with van der Waals surface area (Å²) in [5.74, 6) is -1.33. The van der Waals surface area contributed by atoms with Gasteiger partial charge in [0.1, 0.15) is 5.69 Å². The number of sulfonamides is 1. The monoisotopic (exact) mass is 406 g/mol. The van der Waals surface area contributed by atoms with Gasteiger partial charge >= 0.3 is 5.97 Å². The minimum Gasteiger partial charge on any atom is -0.453 e. The van der Waals surface area contributed by atoms with Crippen molar-refractivity contribution in [3.8, 4) is 0 Å². The number of esters is 1. The minimum atomic E-state index is -3.40. The van der Waals surface area contributed by atoms with Gasteiger partial charge in [0.2, 0.25) is 10.0 Å². The standard InChI is InChI=1S/C19H22N2O6S/c1-11-17(13(3)22)12(2)20-18(11)19(24)27-10-16(23)14-6-8-15(9-7-14)21(4)28(5,25)26/h6-9,20H,10H2,1-5H3. The first-order valence-corrected chi connectivity index (χ1v) is 10.2. The van der Waals surface area contributed by atoms with Crippen molar-refractivity contribution < 1.29 is 27.5 Å². The molecule has 1 heterocycles. The van der Waals surface area contributed by atoms with E-state index in [1.165, 1.54) is 38.2 Å². The van der Waals surface area contributed by atoms with Crippen molar-refractivity contribution in [2.24, 2.45) is 0 Å². The molecular formula is C19H22N2O6S. The molecule has 0 saturated carbocycles. The number of H-pyrrole nitrogens is 1. The number of Topliss-reactive ketones (excluding diaryl/α,β-unsaturated/α-hetero) is 2. The Bertz CT molecular complexity index is 1040. The van der Waals surface area contributed by atoms with Gasteiger partial charge in [-0.2, -0.15) is 0 Å². The molecule has 0 aliphatic rings. The highest BCUT2D eigenvalue weighted by Crippen LogP contribution is 2.20. The number of nitrogens with zero attached hydrogens (tertiary/aromatic N) is 1. The molecule has 1 N–H and O–H groups in total. The predicted octanol–water partition coefficient (Wildman–Crippen LogP) is 2.27. The molecule has 28 heavy (non-hydrogen) atoms. The summed E-state index contributed by atoms with van der Waals surface area (Å²) in [4.78, 5) is 39.0. The van der Waals surface area contributed by atoms with Crippen LogP contribution >= 0.6 is 0 Å². The smallest absolute Gasteiger partial charge is 0.355 e. The Morgan fingerprint density at radius 2 is 1.68 bits per heavy atom. The number of aromatic amines is 1. The van der Waals surface area contributed by atoms with Crippen LogP contribution in [0, 0.1) is 13.8 Å². The summed E-state index contributed by atoms with van der Waals surface area (Å²) in [6.45, 7) is 4.25. The molecule has 1 aromatic heterocycles. The van der Waals surface area contributed by atoms with Gasteiger partial charge < -0.3 is 9.72 Å². The molecule has 150 valence electrons. The Hall–Kier alpha value is -2.94. The van der Waals surface area contributed by atoms with Gasteiger partial charge in [-0.05, 0) is 50.6 Å². The van der Waals surface area contributed by atoms with Crippen molar-refractivity contribution >= 4 is 33.2 Å². The van der Waals surface area contributed by atoms with Crippen LogP contribution in [-0.2, 0) is 14.8 Å². The molecule has 0 amide bonds. The third kappa shape index (κ3) is 4.48. The van der Waals surface area contributed by atoms with E-state index in [1.807, 2.05) is 0 Å². The predicted molar refractivity (Wildman–Crippen MR) is 105 cm³/mol. The SMILES string of the molecule is CC(=O)c1c(C)[nH]c(C(=O)OCC(=O)c2ccc(N(C)S(C)(=O)=O)cc2)c1C. The summed E-state index contributed by atoms with van der Waals surface area (Å²) in [6, 6.07) is 5.91. The van der Waals surface area contributed by atoms with Crippen LogP contribution in [0.15, 0.2) is 24.3 Å². The van der Waals surface area contributed by atoms with Gasteiger partial charge in [-0.15, -0.1) is 0 Å². The van der Waals surface area contributed by atoms with E-state index < -0.39 is 28.4 Å². The topological polar surface area (TPSA) is 114 Å². The van der Waals surface area contributed by atoms with E-state index in [0.717, 1.165) is 10.6 Å². The molecule has 0 fully saturated rings. The van der Waals surface area contributed by atoms with Crippen molar-refractivity contribution in [2.75, 3.05) is 24.2 Å². The molecule has 0 unspecified atom stereocenters. The van der Waals surface area contributed by atoms with Crippen molar-refractivity contribution in [1.82, 2.24) is 4.98 Å². The maximum absolute atomic E-state index is 12.3. The molecule has 1 aromatic carbocycles. The first-order valence-electron chi connectivity index (χ1n) is 8.38.